The minimum Gasteiger partial charge on any atom is -0.491 e. The molecule has 1 fully saturated rings. The minimum absolute atomic E-state index is 0.236. The van der Waals surface area contributed by atoms with Crippen molar-refractivity contribution in [2.75, 3.05) is 24.5 Å². The lowest BCUT2D eigenvalue weighted by Gasteiger charge is -2.29. The summed E-state index contributed by atoms with van der Waals surface area (Å²) in [6.07, 6.45) is 2.64. The van der Waals surface area contributed by atoms with Gasteiger partial charge in [0.05, 0.1) is 6.10 Å². The quantitative estimate of drug-likeness (QED) is 0.906. The highest BCUT2D eigenvalue weighted by Gasteiger charge is 2.12. The summed E-state index contributed by atoms with van der Waals surface area (Å²) in [5, 5.41) is 3.54. The van der Waals surface area contributed by atoms with Gasteiger partial charge in [0.1, 0.15) is 5.75 Å². The lowest BCUT2D eigenvalue weighted by Crippen LogP contribution is -2.38. The molecule has 0 amide bonds. The number of hydrogen-bond acceptors (Lipinski definition) is 3. The highest BCUT2D eigenvalue weighted by atomic mass is 16.5. The molecule has 0 radical (unpaired) electrons. The summed E-state index contributed by atoms with van der Waals surface area (Å²) in [5.74, 6) is 0.959. The molecule has 1 unspecified atom stereocenters. The van der Waals surface area contributed by atoms with Gasteiger partial charge in [-0.15, -0.1) is 0 Å². The van der Waals surface area contributed by atoms with Gasteiger partial charge >= 0.3 is 0 Å². The van der Waals surface area contributed by atoms with Crippen molar-refractivity contribution < 1.29 is 4.74 Å². The average molecular weight is 262 g/mol. The van der Waals surface area contributed by atoms with Gasteiger partial charge in [-0.1, -0.05) is 0 Å². The van der Waals surface area contributed by atoms with Crippen molar-refractivity contribution in [1.29, 1.82) is 0 Å². The average Bonchev–Trinajstić information content (AvgIpc) is 2.35. The Balaban J connectivity index is 1.99. The van der Waals surface area contributed by atoms with Crippen LogP contribution in [0.4, 0.5) is 5.69 Å². The van der Waals surface area contributed by atoms with Gasteiger partial charge in [0.25, 0.3) is 0 Å². The first kappa shape index (κ1) is 14.2. The molecule has 0 bridgehead atoms. The zero-order chi connectivity index (χ0) is 13.7. The van der Waals surface area contributed by atoms with Gasteiger partial charge < -0.3 is 15.0 Å². The maximum atomic E-state index is 5.69. The summed E-state index contributed by atoms with van der Waals surface area (Å²) in [4.78, 5) is 2.48. The highest BCUT2D eigenvalue weighted by molar-refractivity contribution is 5.49. The molecule has 2 rings (SSSR count). The Bertz CT molecular complexity index is 375. The number of ether oxygens (including phenoxy) is 1. The second-order valence-electron chi connectivity index (χ2n) is 5.64. The summed E-state index contributed by atoms with van der Waals surface area (Å²) in [6, 6.07) is 9.13. The zero-order valence-electron chi connectivity index (χ0n) is 12.4. The SMILES string of the molecule is CC1CCN(c2ccc(OC(C)C)cc2)CCCN1. The van der Waals surface area contributed by atoms with E-state index in [0.717, 1.165) is 25.4 Å². The molecule has 3 nitrogen and oxygen atoms in total. The summed E-state index contributed by atoms with van der Waals surface area (Å²) >= 11 is 0. The Morgan fingerprint density at radius 2 is 1.95 bits per heavy atom. The third kappa shape index (κ3) is 4.43. The molecule has 1 aliphatic heterocycles. The number of benzene rings is 1. The normalized spacial score (nSPS) is 21.1. The standard InChI is InChI=1S/C16H26N2O/c1-13(2)19-16-7-5-15(6-8-16)18-11-4-10-17-14(3)9-12-18/h5-8,13-14,17H,4,9-12H2,1-3H3. The van der Waals surface area contributed by atoms with Crippen LogP contribution in [0, 0.1) is 0 Å². The predicted octanol–water partition coefficient (Wildman–Crippen LogP) is 3.05. The fourth-order valence-electron chi connectivity index (χ4n) is 2.45. The van der Waals surface area contributed by atoms with Crippen LogP contribution in [0.2, 0.25) is 0 Å². The Morgan fingerprint density at radius 1 is 1.21 bits per heavy atom. The molecule has 3 heteroatoms. The molecule has 1 N–H and O–H groups in total. The Labute approximate surface area is 116 Å². The van der Waals surface area contributed by atoms with E-state index in [2.05, 4.69) is 55.3 Å². The van der Waals surface area contributed by atoms with Crippen molar-refractivity contribution in [3.63, 3.8) is 0 Å². The van der Waals surface area contributed by atoms with Crippen LogP contribution < -0.4 is 15.0 Å². The molecule has 106 valence electrons. The van der Waals surface area contributed by atoms with Gasteiger partial charge in [-0.3, -0.25) is 0 Å². The number of anilines is 1. The van der Waals surface area contributed by atoms with Gasteiger partial charge in [0, 0.05) is 24.8 Å². The fraction of sp³-hybridized carbons (Fsp3) is 0.625. The summed E-state index contributed by atoms with van der Waals surface area (Å²) < 4.78 is 5.69. The zero-order valence-corrected chi connectivity index (χ0v) is 12.4. The molecule has 1 atom stereocenters. The third-order valence-corrected chi connectivity index (χ3v) is 3.50. The van der Waals surface area contributed by atoms with Crippen LogP contribution in [-0.2, 0) is 0 Å². The number of nitrogens with zero attached hydrogens (tertiary/aromatic N) is 1. The van der Waals surface area contributed by atoms with Crippen LogP contribution in [0.25, 0.3) is 0 Å². The van der Waals surface area contributed by atoms with Crippen molar-refractivity contribution in [3.8, 4) is 5.75 Å². The lowest BCUT2D eigenvalue weighted by atomic mass is 10.1. The second kappa shape index (κ2) is 6.80. The topological polar surface area (TPSA) is 24.5 Å². The molecule has 1 saturated heterocycles. The van der Waals surface area contributed by atoms with Crippen molar-refractivity contribution in [2.45, 2.75) is 45.8 Å². The molecule has 1 heterocycles. The van der Waals surface area contributed by atoms with E-state index in [-0.39, 0.29) is 6.10 Å². The van der Waals surface area contributed by atoms with E-state index in [1.807, 2.05) is 0 Å². The van der Waals surface area contributed by atoms with Gasteiger partial charge in [-0.25, -0.2) is 0 Å². The summed E-state index contributed by atoms with van der Waals surface area (Å²) in [6.45, 7) is 9.75. The molecule has 1 aromatic carbocycles. The number of nitrogens with one attached hydrogen (secondary N) is 1. The fourth-order valence-corrected chi connectivity index (χ4v) is 2.45. The Morgan fingerprint density at radius 3 is 2.63 bits per heavy atom. The second-order valence-corrected chi connectivity index (χ2v) is 5.64. The molecule has 1 aliphatic rings. The highest BCUT2D eigenvalue weighted by Crippen LogP contribution is 2.21. The van der Waals surface area contributed by atoms with E-state index in [4.69, 9.17) is 4.74 Å². The van der Waals surface area contributed by atoms with E-state index < -0.39 is 0 Å². The third-order valence-electron chi connectivity index (χ3n) is 3.50. The molecule has 1 aromatic rings. The van der Waals surface area contributed by atoms with Gasteiger partial charge in [-0.2, -0.15) is 0 Å². The summed E-state index contributed by atoms with van der Waals surface area (Å²) in [5.41, 5.74) is 1.31. The molecule has 0 aromatic heterocycles. The molecule has 19 heavy (non-hydrogen) atoms. The van der Waals surface area contributed by atoms with E-state index >= 15 is 0 Å². The van der Waals surface area contributed by atoms with E-state index in [9.17, 15) is 0 Å². The molecule has 0 aliphatic carbocycles. The first-order chi connectivity index (χ1) is 9.15. The molecule has 0 spiro atoms. The molecular formula is C16H26N2O. The van der Waals surface area contributed by atoms with Gasteiger partial charge in [0.2, 0.25) is 0 Å². The largest absolute Gasteiger partial charge is 0.491 e. The molecular weight excluding hydrogens is 236 g/mol. The van der Waals surface area contributed by atoms with Crippen LogP contribution in [0.5, 0.6) is 5.75 Å². The van der Waals surface area contributed by atoms with E-state index in [0.29, 0.717) is 6.04 Å². The Hall–Kier alpha value is -1.22. The molecule has 0 saturated carbocycles. The first-order valence-electron chi connectivity index (χ1n) is 7.40. The Kier molecular flexibility index (Phi) is 5.08. The van der Waals surface area contributed by atoms with Crippen LogP contribution >= 0.6 is 0 Å². The maximum Gasteiger partial charge on any atom is 0.119 e. The van der Waals surface area contributed by atoms with Crippen molar-refractivity contribution in [2.24, 2.45) is 0 Å². The maximum absolute atomic E-state index is 5.69. The predicted molar refractivity (Wildman–Crippen MR) is 81.1 cm³/mol. The van der Waals surface area contributed by atoms with Gasteiger partial charge in [-0.05, 0) is 64.4 Å². The van der Waals surface area contributed by atoms with Crippen molar-refractivity contribution in [3.05, 3.63) is 24.3 Å². The van der Waals surface area contributed by atoms with Crippen molar-refractivity contribution >= 4 is 5.69 Å². The first-order valence-corrected chi connectivity index (χ1v) is 7.40. The van der Waals surface area contributed by atoms with Gasteiger partial charge in [0.15, 0.2) is 0 Å². The van der Waals surface area contributed by atoms with Crippen LogP contribution in [-0.4, -0.2) is 31.8 Å². The number of rotatable bonds is 3. The monoisotopic (exact) mass is 262 g/mol. The lowest BCUT2D eigenvalue weighted by molar-refractivity contribution is 0.242. The van der Waals surface area contributed by atoms with Crippen LogP contribution in [0.1, 0.15) is 33.6 Å². The van der Waals surface area contributed by atoms with E-state index in [1.54, 1.807) is 0 Å². The summed E-state index contributed by atoms with van der Waals surface area (Å²) in [7, 11) is 0. The minimum atomic E-state index is 0.236. The van der Waals surface area contributed by atoms with E-state index in [1.165, 1.54) is 18.5 Å². The van der Waals surface area contributed by atoms with Crippen LogP contribution in [0.3, 0.4) is 0 Å². The van der Waals surface area contributed by atoms with Crippen LogP contribution in [0.15, 0.2) is 24.3 Å². The smallest absolute Gasteiger partial charge is 0.119 e. The number of hydrogen-bond donors (Lipinski definition) is 1. The van der Waals surface area contributed by atoms with Crippen molar-refractivity contribution in [1.82, 2.24) is 5.32 Å².